The SMILES string of the molecule is CCCC[C@@H](CC(=O)O)NC(=O)c1nn(C)cc1Cl. The summed E-state index contributed by atoms with van der Waals surface area (Å²) >= 11 is 5.87. The monoisotopic (exact) mass is 287 g/mol. The fraction of sp³-hybridized carbons (Fsp3) is 0.583. The first kappa shape index (κ1) is 15.5. The molecule has 0 aromatic carbocycles. The molecule has 1 amide bonds. The number of carboxylic acids is 1. The number of nitrogens with one attached hydrogen (secondary N) is 1. The molecule has 1 atom stereocenters. The molecule has 0 unspecified atom stereocenters. The van der Waals surface area contributed by atoms with Gasteiger partial charge in [0, 0.05) is 19.3 Å². The van der Waals surface area contributed by atoms with Crippen LogP contribution < -0.4 is 5.32 Å². The second kappa shape index (κ2) is 7.13. The van der Waals surface area contributed by atoms with Crippen LogP contribution in [0.15, 0.2) is 6.20 Å². The van der Waals surface area contributed by atoms with Crippen LogP contribution in [0.2, 0.25) is 5.02 Å². The molecule has 0 radical (unpaired) electrons. The number of carboxylic acid groups (broad SMARTS) is 1. The lowest BCUT2D eigenvalue weighted by Gasteiger charge is -2.15. The van der Waals surface area contributed by atoms with E-state index in [1.807, 2.05) is 6.92 Å². The Hall–Kier alpha value is -1.56. The number of carbonyl (C=O) groups is 2. The molecule has 0 fully saturated rings. The molecule has 0 aliphatic heterocycles. The molecule has 0 bridgehead atoms. The van der Waals surface area contributed by atoms with Crippen molar-refractivity contribution in [1.82, 2.24) is 15.1 Å². The third-order valence-corrected chi connectivity index (χ3v) is 2.94. The molecule has 0 aliphatic carbocycles. The number of rotatable bonds is 7. The summed E-state index contributed by atoms with van der Waals surface area (Å²) in [4.78, 5) is 22.7. The predicted molar refractivity (Wildman–Crippen MR) is 71.3 cm³/mol. The summed E-state index contributed by atoms with van der Waals surface area (Å²) in [5, 5.41) is 15.7. The van der Waals surface area contributed by atoms with Crippen molar-refractivity contribution in [3.8, 4) is 0 Å². The average molecular weight is 288 g/mol. The highest BCUT2D eigenvalue weighted by Gasteiger charge is 2.20. The lowest BCUT2D eigenvalue weighted by atomic mass is 10.1. The lowest BCUT2D eigenvalue weighted by molar-refractivity contribution is -0.137. The van der Waals surface area contributed by atoms with Gasteiger partial charge in [0.1, 0.15) is 0 Å². The minimum atomic E-state index is -0.937. The molecular weight excluding hydrogens is 270 g/mol. The number of hydrogen-bond donors (Lipinski definition) is 2. The Morgan fingerprint density at radius 1 is 1.58 bits per heavy atom. The Morgan fingerprint density at radius 2 is 2.26 bits per heavy atom. The van der Waals surface area contributed by atoms with Gasteiger partial charge in [-0.2, -0.15) is 5.10 Å². The number of carbonyl (C=O) groups excluding carboxylic acids is 1. The van der Waals surface area contributed by atoms with Gasteiger partial charge in [-0.3, -0.25) is 14.3 Å². The maximum atomic E-state index is 12.0. The van der Waals surface area contributed by atoms with Crippen LogP contribution >= 0.6 is 11.6 Å². The van der Waals surface area contributed by atoms with Crippen molar-refractivity contribution >= 4 is 23.5 Å². The summed E-state index contributed by atoms with van der Waals surface area (Å²) < 4.78 is 1.44. The molecule has 7 heteroatoms. The van der Waals surface area contributed by atoms with Gasteiger partial charge in [0.25, 0.3) is 5.91 Å². The van der Waals surface area contributed by atoms with Crippen molar-refractivity contribution in [2.45, 2.75) is 38.6 Å². The molecule has 0 saturated heterocycles. The van der Waals surface area contributed by atoms with Gasteiger partial charge in [0.15, 0.2) is 5.69 Å². The number of aryl methyl sites for hydroxylation is 1. The van der Waals surface area contributed by atoms with E-state index in [1.54, 1.807) is 7.05 Å². The normalized spacial score (nSPS) is 12.2. The van der Waals surface area contributed by atoms with Gasteiger partial charge in [0.2, 0.25) is 0 Å². The summed E-state index contributed by atoms with van der Waals surface area (Å²) in [5.41, 5.74) is 0.121. The van der Waals surface area contributed by atoms with Crippen LogP contribution in [0.3, 0.4) is 0 Å². The summed E-state index contributed by atoms with van der Waals surface area (Å²) in [6.45, 7) is 2.01. The highest BCUT2D eigenvalue weighted by molar-refractivity contribution is 6.33. The van der Waals surface area contributed by atoms with Crippen LogP contribution in [0.1, 0.15) is 43.1 Å². The van der Waals surface area contributed by atoms with E-state index >= 15 is 0 Å². The average Bonchev–Trinajstić information content (AvgIpc) is 2.64. The first-order valence-corrected chi connectivity index (χ1v) is 6.53. The zero-order valence-electron chi connectivity index (χ0n) is 11.0. The number of aliphatic carboxylic acids is 1. The Bertz CT molecular complexity index is 459. The quantitative estimate of drug-likeness (QED) is 0.801. The zero-order chi connectivity index (χ0) is 14.4. The molecule has 1 heterocycles. The second-order valence-electron chi connectivity index (χ2n) is 4.41. The summed E-state index contributed by atoms with van der Waals surface area (Å²) in [6, 6.07) is -0.400. The summed E-state index contributed by atoms with van der Waals surface area (Å²) in [7, 11) is 1.66. The second-order valence-corrected chi connectivity index (χ2v) is 4.82. The van der Waals surface area contributed by atoms with Crippen molar-refractivity contribution in [2.24, 2.45) is 7.05 Å². The number of aromatic nitrogens is 2. The Kier molecular flexibility index (Phi) is 5.82. The van der Waals surface area contributed by atoms with Gasteiger partial charge in [-0.05, 0) is 6.42 Å². The van der Waals surface area contributed by atoms with Gasteiger partial charge in [0.05, 0.1) is 11.4 Å². The molecule has 1 rings (SSSR count). The molecule has 1 aromatic heterocycles. The topological polar surface area (TPSA) is 84.2 Å². The first-order chi connectivity index (χ1) is 8.93. The Balaban J connectivity index is 2.69. The Morgan fingerprint density at radius 3 is 2.74 bits per heavy atom. The van der Waals surface area contributed by atoms with Crippen molar-refractivity contribution in [3.05, 3.63) is 16.9 Å². The van der Waals surface area contributed by atoms with Crippen molar-refractivity contribution in [3.63, 3.8) is 0 Å². The standard InChI is InChI=1S/C12H18ClN3O3/c1-3-4-5-8(6-10(17)18)14-12(19)11-9(13)7-16(2)15-11/h7-8H,3-6H2,1-2H3,(H,14,19)(H,17,18)/t8-/m0/s1. The van der Waals surface area contributed by atoms with Crippen molar-refractivity contribution in [1.29, 1.82) is 0 Å². The minimum Gasteiger partial charge on any atom is -0.481 e. The lowest BCUT2D eigenvalue weighted by Crippen LogP contribution is -2.36. The molecule has 2 N–H and O–H groups in total. The van der Waals surface area contributed by atoms with E-state index in [-0.39, 0.29) is 17.1 Å². The minimum absolute atomic E-state index is 0.101. The molecule has 0 spiro atoms. The molecule has 6 nitrogen and oxygen atoms in total. The Labute approximate surface area is 116 Å². The van der Waals surface area contributed by atoms with Gasteiger partial charge >= 0.3 is 5.97 Å². The van der Waals surface area contributed by atoms with Crippen LogP contribution in [-0.2, 0) is 11.8 Å². The molecule has 0 aliphatic rings. The zero-order valence-corrected chi connectivity index (χ0v) is 11.8. The van der Waals surface area contributed by atoms with E-state index in [0.717, 1.165) is 12.8 Å². The number of nitrogens with zero attached hydrogens (tertiary/aromatic N) is 2. The molecule has 0 saturated carbocycles. The number of halogens is 1. The van der Waals surface area contributed by atoms with Crippen LogP contribution in [0.4, 0.5) is 0 Å². The van der Waals surface area contributed by atoms with Crippen molar-refractivity contribution in [2.75, 3.05) is 0 Å². The molecule has 19 heavy (non-hydrogen) atoms. The highest BCUT2D eigenvalue weighted by atomic mass is 35.5. The largest absolute Gasteiger partial charge is 0.481 e. The van der Waals surface area contributed by atoms with E-state index in [4.69, 9.17) is 16.7 Å². The van der Waals surface area contributed by atoms with E-state index in [1.165, 1.54) is 10.9 Å². The highest BCUT2D eigenvalue weighted by Crippen LogP contribution is 2.14. The van der Waals surface area contributed by atoms with Gasteiger partial charge in [-0.25, -0.2) is 0 Å². The van der Waals surface area contributed by atoms with Crippen molar-refractivity contribution < 1.29 is 14.7 Å². The van der Waals surface area contributed by atoms with Crippen LogP contribution in [0.5, 0.6) is 0 Å². The van der Waals surface area contributed by atoms with Gasteiger partial charge in [-0.1, -0.05) is 31.4 Å². The first-order valence-electron chi connectivity index (χ1n) is 6.15. The van der Waals surface area contributed by atoms with E-state index in [0.29, 0.717) is 6.42 Å². The van der Waals surface area contributed by atoms with Crippen LogP contribution in [0.25, 0.3) is 0 Å². The fourth-order valence-electron chi connectivity index (χ4n) is 1.75. The van der Waals surface area contributed by atoms with Crippen LogP contribution in [0, 0.1) is 0 Å². The van der Waals surface area contributed by atoms with Crippen LogP contribution in [-0.4, -0.2) is 32.8 Å². The maximum Gasteiger partial charge on any atom is 0.305 e. The molecule has 1 aromatic rings. The number of unbranched alkanes of at least 4 members (excludes halogenated alkanes) is 1. The summed E-state index contributed by atoms with van der Waals surface area (Å²) in [5.74, 6) is -1.37. The third-order valence-electron chi connectivity index (χ3n) is 2.66. The maximum absolute atomic E-state index is 12.0. The summed E-state index contributed by atoms with van der Waals surface area (Å²) in [6.07, 6.45) is 3.84. The molecular formula is C12H18ClN3O3. The smallest absolute Gasteiger partial charge is 0.305 e. The third kappa shape index (κ3) is 4.90. The van der Waals surface area contributed by atoms with E-state index < -0.39 is 17.9 Å². The van der Waals surface area contributed by atoms with Gasteiger partial charge < -0.3 is 10.4 Å². The molecule has 106 valence electrons. The predicted octanol–water partition coefficient (Wildman–Crippen LogP) is 1.84. The van der Waals surface area contributed by atoms with E-state index in [2.05, 4.69) is 10.4 Å². The fourth-order valence-corrected chi connectivity index (χ4v) is 2.02. The number of hydrogen-bond acceptors (Lipinski definition) is 3. The van der Waals surface area contributed by atoms with E-state index in [9.17, 15) is 9.59 Å². The number of amides is 1. The van der Waals surface area contributed by atoms with Gasteiger partial charge in [-0.15, -0.1) is 0 Å².